The normalized spacial score (nSPS) is 10.3. The molecule has 2 rings (SSSR count). The number of rotatable bonds is 6. The van der Waals surface area contributed by atoms with Crippen LogP contribution < -0.4 is 5.32 Å². The van der Waals surface area contributed by atoms with Gasteiger partial charge in [-0.1, -0.05) is 12.1 Å². The molecule has 0 unspecified atom stereocenters. The maximum atomic E-state index is 10.8. The van der Waals surface area contributed by atoms with E-state index in [2.05, 4.69) is 15.3 Å². The molecule has 0 radical (unpaired) electrons. The molecule has 0 amide bonds. The summed E-state index contributed by atoms with van der Waals surface area (Å²) in [6.45, 7) is 0.722. The van der Waals surface area contributed by atoms with Crippen LogP contribution in [0.5, 0.6) is 0 Å². The highest BCUT2D eigenvalue weighted by Crippen LogP contribution is 2.02. The van der Waals surface area contributed by atoms with Crippen molar-refractivity contribution >= 4 is 11.9 Å². The molecule has 0 aromatic carbocycles. The molecule has 0 aliphatic carbocycles. The van der Waals surface area contributed by atoms with Crippen LogP contribution in [0.15, 0.2) is 36.4 Å². The van der Waals surface area contributed by atoms with Crippen molar-refractivity contribution in [2.24, 2.45) is 0 Å². The first-order valence-corrected chi connectivity index (χ1v) is 6.15. The van der Waals surface area contributed by atoms with E-state index >= 15 is 0 Å². The summed E-state index contributed by atoms with van der Waals surface area (Å²) in [5.74, 6) is -2.15. The Labute approximate surface area is 120 Å². The van der Waals surface area contributed by atoms with Crippen LogP contribution in [-0.4, -0.2) is 32.1 Å². The highest BCUT2D eigenvalue weighted by atomic mass is 16.4. The van der Waals surface area contributed by atoms with Gasteiger partial charge >= 0.3 is 11.9 Å². The summed E-state index contributed by atoms with van der Waals surface area (Å²) in [5.41, 5.74) is 1.15. The van der Waals surface area contributed by atoms with E-state index in [1.54, 1.807) is 24.3 Å². The molecule has 0 saturated heterocycles. The molecular formula is C14H13N3O4. The number of aromatic carboxylic acids is 2. The molecule has 0 atom stereocenters. The number of pyridine rings is 2. The maximum Gasteiger partial charge on any atom is 0.354 e. The van der Waals surface area contributed by atoms with E-state index in [1.807, 2.05) is 0 Å². The zero-order chi connectivity index (χ0) is 15.2. The van der Waals surface area contributed by atoms with Gasteiger partial charge in [0.25, 0.3) is 0 Å². The van der Waals surface area contributed by atoms with Gasteiger partial charge < -0.3 is 15.5 Å². The lowest BCUT2D eigenvalue weighted by Crippen LogP contribution is -2.16. The smallest absolute Gasteiger partial charge is 0.354 e. The molecule has 2 aromatic rings. The SMILES string of the molecule is O=C(O)c1cccc(CNCc2cccc(C(=O)O)n2)n1. The Kier molecular flexibility index (Phi) is 4.57. The van der Waals surface area contributed by atoms with E-state index in [0.29, 0.717) is 24.5 Å². The van der Waals surface area contributed by atoms with E-state index in [9.17, 15) is 9.59 Å². The standard InChI is InChI=1S/C14H13N3O4/c18-13(19)11-5-1-3-9(16-11)7-15-8-10-4-2-6-12(17-10)14(20)21/h1-6,15H,7-8H2,(H,18,19)(H,20,21). The van der Waals surface area contributed by atoms with Crippen molar-refractivity contribution in [2.45, 2.75) is 13.1 Å². The third kappa shape index (κ3) is 4.08. The van der Waals surface area contributed by atoms with Crippen molar-refractivity contribution in [3.63, 3.8) is 0 Å². The van der Waals surface area contributed by atoms with Crippen LogP contribution in [0.4, 0.5) is 0 Å². The number of carboxylic acids is 2. The number of hydrogen-bond acceptors (Lipinski definition) is 5. The zero-order valence-corrected chi connectivity index (χ0v) is 11.0. The molecule has 2 aromatic heterocycles. The van der Waals surface area contributed by atoms with Crippen LogP contribution in [-0.2, 0) is 13.1 Å². The van der Waals surface area contributed by atoms with E-state index in [0.717, 1.165) is 0 Å². The van der Waals surface area contributed by atoms with E-state index in [-0.39, 0.29) is 11.4 Å². The number of carboxylic acid groups (broad SMARTS) is 2. The molecule has 7 nitrogen and oxygen atoms in total. The topological polar surface area (TPSA) is 112 Å². The fourth-order valence-corrected chi connectivity index (χ4v) is 1.71. The second-order valence-electron chi connectivity index (χ2n) is 4.24. The van der Waals surface area contributed by atoms with Gasteiger partial charge in [-0.25, -0.2) is 19.6 Å². The predicted octanol–water partition coefficient (Wildman–Crippen LogP) is 1.16. The van der Waals surface area contributed by atoms with Crippen LogP contribution in [0.25, 0.3) is 0 Å². The molecule has 2 heterocycles. The van der Waals surface area contributed by atoms with Crippen molar-refractivity contribution in [3.05, 3.63) is 59.2 Å². The van der Waals surface area contributed by atoms with Crippen molar-refractivity contribution < 1.29 is 19.8 Å². The van der Waals surface area contributed by atoms with Gasteiger partial charge in [-0.2, -0.15) is 0 Å². The Morgan fingerprint density at radius 3 is 1.67 bits per heavy atom. The second-order valence-corrected chi connectivity index (χ2v) is 4.24. The highest BCUT2D eigenvalue weighted by molar-refractivity contribution is 5.85. The molecule has 0 aliphatic rings. The van der Waals surface area contributed by atoms with Crippen LogP contribution in [0.3, 0.4) is 0 Å². The maximum absolute atomic E-state index is 10.8. The second kappa shape index (κ2) is 6.58. The molecule has 0 fully saturated rings. The van der Waals surface area contributed by atoms with Crippen LogP contribution in [0.2, 0.25) is 0 Å². The molecular weight excluding hydrogens is 274 g/mol. The molecule has 3 N–H and O–H groups in total. The molecule has 0 aliphatic heterocycles. The average molecular weight is 287 g/mol. The summed E-state index contributed by atoms with van der Waals surface area (Å²) >= 11 is 0. The van der Waals surface area contributed by atoms with Crippen molar-refractivity contribution in [2.75, 3.05) is 0 Å². The van der Waals surface area contributed by atoms with E-state index in [4.69, 9.17) is 10.2 Å². The molecule has 21 heavy (non-hydrogen) atoms. The molecule has 0 spiro atoms. The van der Waals surface area contributed by atoms with Gasteiger partial charge in [-0.3, -0.25) is 0 Å². The minimum absolute atomic E-state index is 0.0136. The zero-order valence-electron chi connectivity index (χ0n) is 11.0. The fraction of sp³-hybridized carbons (Fsp3) is 0.143. The first-order valence-electron chi connectivity index (χ1n) is 6.15. The summed E-state index contributed by atoms with van der Waals surface area (Å²) in [7, 11) is 0. The third-order valence-corrected chi connectivity index (χ3v) is 2.66. The third-order valence-electron chi connectivity index (χ3n) is 2.66. The number of carbonyl (C=O) groups is 2. The predicted molar refractivity (Wildman–Crippen MR) is 72.9 cm³/mol. The van der Waals surface area contributed by atoms with Gasteiger partial charge in [0.2, 0.25) is 0 Å². The van der Waals surface area contributed by atoms with Gasteiger partial charge in [0.15, 0.2) is 0 Å². The summed E-state index contributed by atoms with van der Waals surface area (Å²) in [6, 6.07) is 9.50. The monoisotopic (exact) mass is 287 g/mol. The number of nitrogens with zero attached hydrogens (tertiary/aromatic N) is 2. The summed E-state index contributed by atoms with van der Waals surface area (Å²) in [5, 5.41) is 20.7. The Balaban J connectivity index is 1.95. The minimum Gasteiger partial charge on any atom is -0.477 e. The summed E-state index contributed by atoms with van der Waals surface area (Å²) in [6.07, 6.45) is 0. The first kappa shape index (κ1) is 14.6. The Bertz CT molecular complexity index is 615. The molecule has 0 bridgehead atoms. The number of aromatic nitrogens is 2. The van der Waals surface area contributed by atoms with Crippen molar-refractivity contribution in [1.82, 2.24) is 15.3 Å². The van der Waals surface area contributed by atoms with Crippen LogP contribution >= 0.6 is 0 Å². The fourth-order valence-electron chi connectivity index (χ4n) is 1.71. The van der Waals surface area contributed by atoms with Crippen molar-refractivity contribution in [3.8, 4) is 0 Å². The lowest BCUT2D eigenvalue weighted by atomic mass is 10.2. The molecule has 108 valence electrons. The Morgan fingerprint density at radius 1 is 0.857 bits per heavy atom. The van der Waals surface area contributed by atoms with Crippen LogP contribution in [0, 0.1) is 0 Å². The number of hydrogen-bond donors (Lipinski definition) is 3. The van der Waals surface area contributed by atoms with Crippen molar-refractivity contribution in [1.29, 1.82) is 0 Å². The van der Waals surface area contributed by atoms with E-state index in [1.165, 1.54) is 12.1 Å². The quantitative estimate of drug-likeness (QED) is 0.730. The van der Waals surface area contributed by atoms with Gasteiger partial charge in [-0.15, -0.1) is 0 Å². The first-order chi connectivity index (χ1) is 10.1. The van der Waals surface area contributed by atoms with E-state index < -0.39 is 11.9 Å². The lowest BCUT2D eigenvalue weighted by molar-refractivity contribution is 0.0679. The van der Waals surface area contributed by atoms with Crippen LogP contribution in [0.1, 0.15) is 32.4 Å². The minimum atomic E-state index is -1.08. The number of nitrogens with one attached hydrogen (secondary N) is 1. The van der Waals surface area contributed by atoms with Gasteiger partial charge in [0.05, 0.1) is 11.4 Å². The van der Waals surface area contributed by atoms with Gasteiger partial charge in [0.1, 0.15) is 11.4 Å². The Morgan fingerprint density at radius 2 is 1.29 bits per heavy atom. The summed E-state index contributed by atoms with van der Waals surface area (Å²) in [4.78, 5) is 29.5. The van der Waals surface area contributed by atoms with Gasteiger partial charge in [0, 0.05) is 13.1 Å². The molecule has 0 saturated carbocycles. The average Bonchev–Trinajstić information content (AvgIpc) is 2.48. The largest absolute Gasteiger partial charge is 0.477 e. The molecule has 7 heteroatoms. The highest BCUT2D eigenvalue weighted by Gasteiger charge is 2.06. The Hall–Kier alpha value is -2.80. The lowest BCUT2D eigenvalue weighted by Gasteiger charge is -2.05. The van der Waals surface area contributed by atoms with Gasteiger partial charge in [-0.05, 0) is 24.3 Å². The summed E-state index contributed by atoms with van der Waals surface area (Å²) < 4.78 is 0.